The van der Waals surface area contributed by atoms with E-state index in [4.69, 9.17) is 0 Å². The molecule has 0 aliphatic rings. The summed E-state index contributed by atoms with van der Waals surface area (Å²) in [6.07, 6.45) is 13.6. The summed E-state index contributed by atoms with van der Waals surface area (Å²) in [6, 6.07) is 9.35. The van der Waals surface area contributed by atoms with Gasteiger partial charge >= 0.3 is 51.4 Å². The average molecular weight is 443 g/mol. The van der Waals surface area contributed by atoms with E-state index in [1.54, 1.807) is 0 Å². The van der Waals surface area contributed by atoms with E-state index in [9.17, 15) is 13.0 Å². The third-order valence-electron chi connectivity index (χ3n) is 5.55. The molecule has 0 N–H and O–H groups in total. The summed E-state index contributed by atoms with van der Waals surface area (Å²) in [6.45, 7) is 4.40. The van der Waals surface area contributed by atoms with Gasteiger partial charge in [-0.3, -0.25) is 0 Å². The number of hydrogen-bond acceptors (Lipinski definition) is 3. The van der Waals surface area contributed by atoms with Crippen LogP contribution in [0.15, 0.2) is 35.2 Å². The SMILES string of the molecule is CCCCCCCc1ccc(S(=O)(=O)[O-])c2c(CCCCCCC)cccc12.[K+]. The van der Waals surface area contributed by atoms with Crippen LogP contribution in [0.3, 0.4) is 0 Å². The largest absolute Gasteiger partial charge is 1.00 e. The van der Waals surface area contributed by atoms with Crippen LogP contribution in [0, 0.1) is 0 Å². The molecule has 2 aromatic rings. The summed E-state index contributed by atoms with van der Waals surface area (Å²) in [7, 11) is -4.49. The van der Waals surface area contributed by atoms with Gasteiger partial charge in [0.2, 0.25) is 0 Å². The quantitative estimate of drug-likeness (QED) is 0.269. The fourth-order valence-electron chi connectivity index (χ4n) is 3.98. The van der Waals surface area contributed by atoms with E-state index < -0.39 is 10.1 Å². The normalized spacial score (nSPS) is 11.6. The minimum atomic E-state index is -4.49. The summed E-state index contributed by atoms with van der Waals surface area (Å²) in [4.78, 5) is -0.0543. The summed E-state index contributed by atoms with van der Waals surface area (Å²) in [5, 5.41) is 1.61. The number of benzene rings is 2. The van der Waals surface area contributed by atoms with Crippen molar-refractivity contribution < 1.29 is 64.4 Å². The Kier molecular flexibility index (Phi) is 13.5. The molecular formula is C24H35KO3S. The first-order valence-electron chi connectivity index (χ1n) is 11.0. The minimum absolute atomic E-state index is 0. The molecule has 0 heterocycles. The van der Waals surface area contributed by atoms with Crippen LogP contribution in [-0.4, -0.2) is 13.0 Å². The maximum atomic E-state index is 11.9. The predicted molar refractivity (Wildman–Crippen MR) is 117 cm³/mol. The summed E-state index contributed by atoms with van der Waals surface area (Å²) in [5.41, 5.74) is 2.16. The van der Waals surface area contributed by atoms with Gasteiger partial charge in [0.1, 0.15) is 10.1 Å². The van der Waals surface area contributed by atoms with Crippen LogP contribution in [0.5, 0.6) is 0 Å². The van der Waals surface area contributed by atoms with Crippen molar-refractivity contribution in [2.24, 2.45) is 0 Å². The van der Waals surface area contributed by atoms with Gasteiger partial charge in [-0.05, 0) is 48.3 Å². The van der Waals surface area contributed by atoms with E-state index in [1.807, 2.05) is 24.3 Å². The van der Waals surface area contributed by atoms with Crippen molar-refractivity contribution in [3.8, 4) is 0 Å². The number of aryl methyl sites for hydroxylation is 2. The second kappa shape index (κ2) is 14.3. The Morgan fingerprint density at radius 3 is 1.83 bits per heavy atom. The van der Waals surface area contributed by atoms with Crippen molar-refractivity contribution in [2.75, 3.05) is 0 Å². The molecule has 0 bridgehead atoms. The Hall–Kier alpha value is 0.246. The summed E-state index contributed by atoms with van der Waals surface area (Å²) in [5.74, 6) is 0. The second-order valence-corrected chi connectivity index (χ2v) is 9.19. The Bertz CT molecular complexity index is 847. The van der Waals surface area contributed by atoms with E-state index >= 15 is 0 Å². The monoisotopic (exact) mass is 442 g/mol. The molecule has 3 nitrogen and oxygen atoms in total. The fraction of sp³-hybridized carbons (Fsp3) is 0.583. The third kappa shape index (κ3) is 8.72. The molecule has 0 saturated heterocycles. The van der Waals surface area contributed by atoms with Crippen molar-refractivity contribution in [1.82, 2.24) is 0 Å². The molecule has 0 fully saturated rings. The van der Waals surface area contributed by atoms with Crippen molar-refractivity contribution in [1.29, 1.82) is 0 Å². The van der Waals surface area contributed by atoms with Gasteiger partial charge in [0, 0.05) is 5.39 Å². The molecule has 0 amide bonds. The first-order valence-corrected chi connectivity index (χ1v) is 12.4. The molecule has 0 atom stereocenters. The van der Waals surface area contributed by atoms with Gasteiger partial charge in [0.05, 0.1) is 4.90 Å². The first-order chi connectivity index (χ1) is 13.5. The van der Waals surface area contributed by atoms with Crippen molar-refractivity contribution in [2.45, 2.75) is 95.8 Å². The van der Waals surface area contributed by atoms with Gasteiger partial charge in [-0.15, -0.1) is 0 Å². The molecule has 0 spiro atoms. The fourth-order valence-corrected chi connectivity index (χ4v) is 4.71. The minimum Gasteiger partial charge on any atom is -0.744 e. The smallest absolute Gasteiger partial charge is 0.744 e. The Morgan fingerprint density at radius 2 is 1.28 bits per heavy atom. The standard InChI is InChI=1S/C24H36O3S.K/c1-3-5-7-9-11-14-20-18-19-23(28(25,26)27)24-21(16-13-17-22(20)24)15-12-10-8-6-4-2;/h13,16-19H,3-12,14-15H2,1-2H3,(H,25,26,27);/q;+1/p-1. The molecule has 29 heavy (non-hydrogen) atoms. The molecule has 156 valence electrons. The van der Waals surface area contributed by atoms with Gasteiger partial charge in [-0.25, -0.2) is 8.42 Å². The van der Waals surface area contributed by atoms with Crippen LogP contribution < -0.4 is 51.4 Å². The van der Waals surface area contributed by atoms with Crippen molar-refractivity contribution >= 4 is 20.9 Å². The van der Waals surface area contributed by atoms with E-state index in [1.165, 1.54) is 51.0 Å². The van der Waals surface area contributed by atoms with Crippen LogP contribution in [-0.2, 0) is 23.0 Å². The third-order valence-corrected chi connectivity index (χ3v) is 6.43. The topological polar surface area (TPSA) is 57.2 Å². The van der Waals surface area contributed by atoms with Crippen LogP contribution in [0.2, 0.25) is 0 Å². The Morgan fingerprint density at radius 1 is 0.724 bits per heavy atom. The van der Waals surface area contributed by atoms with E-state index in [0.717, 1.165) is 48.6 Å². The molecule has 0 radical (unpaired) electrons. The second-order valence-electron chi connectivity index (χ2n) is 7.85. The number of unbranched alkanes of at least 4 members (excludes halogenated alkanes) is 8. The number of hydrogen-bond donors (Lipinski definition) is 0. The molecule has 0 unspecified atom stereocenters. The molecular weight excluding hydrogens is 407 g/mol. The number of rotatable bonds is 13. The van der Waals surface area contributed by atoms with Crippen LogP contribution in [0.25, 0.3) is 10.8 Å². The zero-order valence-electron chi connectivity index (χ0n) is 18.5. The molecule has 2 aromatic carbocycles. The van der Waals surface area contributed by atoms with Crippen LogP contribution in [0.1, 0.15) is 89.2 Å². The van der Waals surface area contributed by atoms with Gasteiger partial charge in [0.25, 0.3) is 0 Å². The molecule has 0 aliphatic carbocycles. The summed E-state index contributed by atoms with van der Waals surface area (Å²) >= 11 is 0. The van der Waals surface area contributed by atoms with E-state index in [-0.39, 0.29) is 56.3 Å². The van der Waals surface area contributed by atoms with Crippen LogP contribution >= 0.6 is 0 Å². The van der Waals surface area contributed by atoms with E-state index in [0.29, 0.717) is 5.39 Å². The summed E-state index contributed by atoms with van der Waals surface area (Å²) < 4.78 is 35.7. The van der Waals surface area contributed by atoms with Crippen molar-refractivity contribution in [3.05, 3.63) is 41.5 Å². The number of fused-ring (bicyclic) bond motifs is 1. The van der Waals surface area contributed by atoms with Gasteiger partial charge in [0.15, 0.2) is 0 Å². The predicted octanol–water partition coefficient (Wildman–Crippen LogP) is 3.77. The Balaban J connectivity index is 0.00000420. The average Bonchev–Trinajstić information content (AvgIpc) is 2.67. The molecule has 5 heteroatoms. The Labute approximate surface area is 220 Å². The van der Waals surface area contributed by atoms with Crippen LogP contribution in [0.4, 0.5) is 0 Å². The van der Waals surface area contributed by atoms with Gasteiger partial charge in [-0.1, -0.05) is 89.5 Å². The molecule has 0 aliphatic heterocycles. The first kappa shape index (κ1) is 27.3. The molecule has 0 saturated carbocycles. The zero-order chi connectivity index (χ0) is 20.4. The van der Waals surface area contributed by atoms with E-state index in [2.05, 4.69) is 13.8 Å². The maximum absolute atomic E-state index is 11.9. The maximum Gasteiger partial charge on any atom is 1.00 e. The molecule has 0 aromatic heterocycles. The van der Waals surface area contributed by atoms with Crippen molar-refractivity contribution in [3.63, 3.8) is 0 Å². The van der Waals surface area contributed by atoms with Gasteiger partial charge in [-0.2, -0.15) is 0 Å². The zero-order valence-corrected chi connectivity index (χ0v) is 22.4. The van der Waals surface area contributed by atoms with Gasteiger partial charge < -0.3 is 4.55 Å². The molecule has 2 rings (SSSR count).